The quantitative estimate of drug-likeness (QED) is 0.424. The number of amides is 1. The number of anilines is 1. The molecule has 1 amide bonds. The number of hydrogen-bond acceptors (Lipinski definition) is 4. The lowest BCUT2D eigenvalue weighted by molar-refractivity contribution is 0.102. The zero-order valence-electron chi connectivity index (χ0n) is 16.1. The number of halogens is 1. The molecule has 0 saturated carbocycles. The van der Waals surface area contributed by atoms with Crippen molar-refractivity contribution in [2.45, 2.75) is 0 Å². The average molecular weight is 424 g/mol. The van der Waals surface area contributed by atoms with E-state index < -0.39 is 5.91 Å². The molecule has 0 aliphatic heterocycles. The van der Waals surface area contributed by atoms with E-state index in [0.717, 1.165) is 5.69 Å². The van der Waals surface area contributed by atoms with Gasteiger partial charge in [0.1, 0.15) is 23.0 Å². The number of carbonyl (C=O) groups excluding carboxylic acids is 1. The minimum atomic E-state index is -0.424. The van der Waals surface area contributed by atoms with Gasteiger partial charge >= 0.3 is 0 Å². The number of fused-ring (bicyclic) bond motifs is 2. The fourth-order valence-corrected chi connectivity index (χ4v) is 3.74. The van der Waals surface area contributed by atoms with E-state index in [1.165, 1.54) is 0 Å². The zero-order valence-corrected chi connectivity index (χ0v) is 16.8. The molecule has 5 aromatic rings. The van der Waals surface area contributed by atoms with Crippen LogP contribution in [0.1, 0.15) is 15.9 Å². The van der Waals surface area contributed by atoms with Crippen LogP contribution in [0.3, 0.4) is 0 Å². The number of carbonyl (C=O) groups is 1. The molecular weight excluding hydrogens is 410 g/mol. The largest absolute Gasteiger partial charge is 0.306 e. The lowest BCUT2D eigenvalue weighted by Gasteiger charge is -2.12. The number of rotatable bonds is 3. The van der Waals surface area contributed by atoms with Crippen LogP contribution in [0, 0.1) is 11.3 Å². The Bertz CT molecular complexity index is 1500. The van der Waals surface area contributed by atoms with Gasteiger partial charge < -0.3 is 5.32 Å². The first kappa shape index (κ1) is 18.8. The van der Waals surface area contributed by atoms with Crippen molar-refractivity contribution in [1.82, 2.24) is 14.5 Å². The smallest absolute Gasteiger partial charge is 0.258 e. The molecule has 6 nitrogen and oxygen atoms in total. The molecule has 0 radical (unpaired) electrons. The first-order valence-electron chi connectivity index (χ1n) is 9.50. The molecule has 0 spiro atoms. The van der Waals surface area contributed by atoms with E-state index in [2.05, 4.69) is 16.4 Å². The van der Waals surface area contributed by atoms with E-state index in [0.29, 0.717) is 38.6 Å². The summed E-state index contributed by atoms with van der Waals surface area (Å²) in [6, 6.07) is 25.8. The Kier molecular flexibility index (Phi) is 4.58. The topological polar surface area (TPSA) is 83.6 Å². The van der Waals surface area contributed by atoms with E-state index in [-0.39, 0.29) is 5.56 Å². The minimum Gasteiger partial charge on any atom is -0.306 e. The van der Waals surface area contributed by atoms with Crippen molar-refractivity contribution in [2.75, 3.05) is 5.32 Å². The summed E-state index contributed by atoms with van der Waals surface area (Å²) in [5.74, 6) is -0.129. The first-order valence-corrected chi connectivity index (χ1v) is 9.88. The third-order valence-corrected chi connectivity index (χ3v) is 5.27. The number of benzene rings is 3. The van der Waals surface area contributed by atoms with Gasteiger partial charge in [-0.05, 0) is 36.4 Å². The molecule has 2 heterocycles. The molecule has 0 aliphatic rings. The van der Waals surface area contributed by atoms with Crippen LogP contribution in [0.25, 0.3) is 27.9 Å². The normalized spacial score (nSPS) is 10.8. The van der Waals surface area contributed by atoms with Crippen LogP contribution in [-0.4, -0.2) is 20.4 Å². The highest BCUT2D eigenvalue weighted by Gasteiger charge is 2.24. The van der Waals surface area contributed by atoms with Gasteiger partial charge in [0.15, 0.2) is 5.65 Å². The van der Waals surface area contributed by atoms with Crippen molar-refractivity contribution in [2.24, 2.45) is 0 Å². The lowest BCUT2D eigenvalue weighted by atomic mass is 10.2. The SMILES string of the molecule is N#Cc1c(NC(=O)c2ccccc2Cl)n(-c2ccccc2)c2nc3ccccc3nc12. The van der Waals surface area contributed by atoms with Crippen LogP contribution in [0.2, 0.25) is 5.02 Å². The highest BCUT2D eigenvalue weighted by Crippen LogP contribution is 2.33. The molecule has 3 aromatic carbocycles. The van der Waals surface area contributed by atoms with Crippen molar-refractivity contribution >= 4 is 45.5 Å². The Balaban J connectivity index is 1.80. The highest BCUT2D eigenvalue weighted by atomic mass is 35.5. The van der Waals surface area contributed by atoms with Gasteiger partial charge in [0.05, 0.1) is 21.6 Å². The van der Waals surface area contributed by atoms with Gasteiger partial charge in [-0.3, -0.25) is 9.36 Å². The molecule has 0 atom stereocenters. The maximum Gasteiger partial charge on any atom is 0.258 e. The standard InChI is InChI=1S/C24H14ClN5O/c25-18-11-5-4-10-16(18)24(31)29-22-17(14-26)21-23(30(22)15-8-2-1-3-9-15)28-20-13-7-6-12-19(20)27-21/h1-13H,(H,29,31). The molecule has 0 unspecified atom stereocenters. The van der Waals surface area contributed by atoms with Crippen LogP contribution >= 0.6 is 11.6 Å². The second kappa shape index (κ2) is 7.56. The molecule has 0 aliphatic carbocycles. The average Bonchev–Trinajstić information content (AvgIpc) is 3.10. The van der Waals surface area contributed by atoms with E-state index in [1.807, 2.05) is 54.6 Å². The van der Waals surface area contributed by atoms with Crippen LogP contribution < -0.4 is 5.32 Å². The molecule has 0 fully saturated rings. The number of nitrogens with one attached hydrogen (secondary N) is 1. The van der Waals surface area contributed by atoms with Crippen molar-refractivity contribution in [3.05, 3.63) is 95.0 Å². The fraction of sp³-hybridized carbons (Fsp3) is 0. The molecule has 1 N–H and O–H groups in total. The monoisotopic (exact) mass is 423 g/mol. The van der Waals surface area contributed by atoms with Gasteiger partial charge in [0.2, 0.25) is 0 Å². The summed E-state index contributed by atoms with van der Waals surface area (Å²) >= 11 is 6.21. The Morgan fingerprint density at radius 3 is 2.26 bits per heavy atom. The zero-order chi connectivity index (χ0) is 21.4. The summed E-state index contributed by atoms with van der Waals surface area (Å²) in [6.07, 6.45) is 0. The summed E-state index contributed by atoms with van der Waals surface area (Å²) in [7, 11) is 0. The second-order valence-electron chi connectivity index (χ2n) is 6.82. The molecule has 148 valence electrons. The van der Waals surface area contributed by atoms with Gasteiger partial charge in [-0.1, -0.05) is 54.1 Å². The van der Waals surface area contributed by atoms with Crippen molar-refractivity contribution in [1.29, 1.82) is 5.26 Å². The van der Waals surface area contributed by atoms with Crippen LogP contribution in [0.4, 0.5) is 5.82 Å². The lowest BCUT2D eigenvalue weighted by Crippen LogP contribution is -2.16. The Morgan fingerprint density at radius 1 is 0.903 bits per heavy atom. The van der Waals surface area contributed by atoms with Crippen LogP contribution in [-0.2, 0) is 0 Å². The van der Waals surface area contributed by atoms with E-state index in [4.69, 9.17) is 16.6 Å². The van der Waals surface area contributed by atoms with Crippen molar-refractivity contribution in [3.8, 4) is 11.8 Å². The fourth-order valence-electron chi connectivity index (χ4n) is 3.52. The first-order chi connectivity index (χ1) is 15.2. The molecule has 0 bridgehead atoms. The third kappa shape index (κ3) is 3.18. The molecule has 2 aromatic heterocycles. The van der Waals surface area contributed by atoms with Crippen molar-refractivity contribution in [3.63, 3.8) is 0 Å². The van der Waals surface area contributed by atoms with E-state index in [9.17, 15) is 10.1 Å². The van der Waals surface area contributed by atoms with Crippen molar-refractivity contribution < 1.29 is 4.79 Å². The highest BCUT2D eigenvalue weighted by molar-refractivity contribution is 6.34. The summed E-state index contributed by atoms with van der Waals surface area (Å²) in [4.78, 5) is 22.5. The minimum absolute atomic E-state index is 0.234. The predicted molar refractivity (Wildman–Crippen MR) is 120 cm³/mol. The summed E-state index contributed by atoms with van der Waals surface area (Å²) in [5, 5.41) is 13.2. The molecule has 7 heteroatoms. The number of nitrogens with zero attached hydrogens (tertiary/aromatic N) is 4. The summed E-state index contributed by atoms with van der Waals surface area (Å²) < 4.78 is 1.74. The predicted octanol–water partition coefficient (Wildman–Crippen LogP) is 5.35. The Labute approximate surface area is 182 Å². The van der Waals surface area contributed by atoms with Gasteiger partial charge in [-0.2, -0.15) is 5.26 Å². The Morgan fingerprint density at radius 2 is 1.55 bits per heavy atom. The van der Waals surface area contributed by atoms with Gasteiger partial charge in [0, 0.05) is 5.69 Å². The third-order valence-electron chi connectivity index (χ3n) is 4.94. The van der Waals surface area contributed by atoms with E-state index >= 15 is 0 Å². The number of hydrogen-bond donors (Lipinski definition) is 1. The second-order valence-corrected chi connectivity index (χ2v) is 7.23. The van der Waals surface area contributed by atoms with E-state index in [1.54, 1.807) is 28.8 Å². The molecule has 0 saturated heterocycles. The van der Waals surface area contributed by atoms with Gasteiger partial charge in [-0.25, -0.2) is 9.97 Å². The molecule has 5 rings (SSSR count). The van der Waals surface area contributed by atoms with Gasteiger partial charge in [-0.15, -0.1) is 0 Å². The van der Waals surface area contributed by atoms with Crippen LogP contribution in [0.5, 0.6) is 0 Å². The number of aromatic nitrogens is 3. The molecule has 31 heavy (non-hydrogen) atoms. The maximum atomic E-state index is 13.0. The number of para-hydroxylation sites is 3. The Hall–Kier alpha value is -4.21. The molecular formula is C24H14ClN5O. The summed E-state index contributed by atoms with van der Waals surface area (Å²) in [5.41, 5.74) is 3.55. The van der Waals surface area contributed by atoms with Gasteiger partial charge in [0.25, 0.3) is 5.91 Å². The number of nitriles is 1. The maximum absolute atomic E-state index is 13.0. The van der Waals surface area contributed by atoms with Crippen LogP contribution in [0.15, 0.2) is 78.9 Å². The summed E-state index contributed by atoms with van der Waals surface area (Å²) in [6.45, 7) is 0.